The summed E-state index contributed by atoms with van der Waals surface area (Å²) in [5, 5.41) is 8.89. The SMILES string of the molecule is CCOC(=O)C(N)C(=O)N1CSC[C@H]1C(=O)O. The van der Waals surface area contributed by atoms with Crippen LogP contribution in [0.25, 0.3) is 0 Å². The summed E-state index contributed by atoms with van der Waals surface area (Å²) in [4.78, 5) is 35.0. The molecule has 0 radical (unpaired) electrons. The van der Waals surface area contributed by atoms with E-state index >= 15 is 0 Å². The number of nitrogens with two attached hydrogens (primary N) is 1. The summed E-state index contributed by atoms with van der Waals surface area (Å²) in [6, 6.07) is -2.37. The fourth-order valence-corrected chi connectivity index (χ4v) is 2.53. The van der Waals surface area contributed by atoms with Crippen LogP contribution in [0.1, 0.15) is 6.92 Å². The number of amides is 1. The highest BCUT2D eigenvalue weighted by molar-refractivity contribution is 7.99. The third-order valence-electron chi connectivity index (χ3n) is 2.26. The Labute approximate surface area is 102 Å². The molecular weight excluding hydrogens is 248 g/mol. The Balaban J connectivity index is 2.68. The molecule has 1 heterocycles. The highest BCUT2D eigenvalue weighted by Crippen LogP contribution is 2.21. The second kappa shape index (κ2) is 5.87. The third kappa shape index (κ3) is 3.10. The summed E-state index contributed by atoms with van der Waals surface area (Å²) in [6.45, 7) is 1.72. The number of esters is 1. The van der Waals surface area contributed by atoms with Crippen LogP contribution in [0.15, 0.2) is 0 Å². The molecule has 2 atom stereocenters. The maximum absolute atomic E-state index is 11.8. The summed E-state index contributed by atoms with van der Waals surface area (Å²) in [7, 11) is 0. The lowest BCUT2D eigenvalue weighted by molar-refractivity contribution is -0.155. The number of thioether (sulfide) groups is 1. The molecule has 96 valence electrons. The van der Waals surface area contributed by atoms with Gasteiger partial charge in [0.1, 0.15) is 6.04 Å². The van der Waals surface area contributed by atoms with E-state index in [1.54, 1.807) is 6.92 Å². The molecule has 1 aliphatic heterocycles. The molecule has 1 aliphatic rings. The second-order valence-corrected chi connectivity index (χ2v) is 4.39. The smallest absolute Gasteiger partial charge is 0.332 e. The highest BCUT2D eigenvalue weighted by Gasteiger charge is 2.39. The molecule has 0 bridgehead atoms. The number of carbonyl (C=O) groups excluding carboxylic acids is 2. The molecule has 7 nitrogen and oxygen atoms in total. The van der Waals surface area contributed by atoms with Gasteiger partial charge >= 0.3 is 11.9 Å². The minimum absolute atomic E-state index is 0.122. The van der Waals surface area contributed by atoms with Gasteiger partial charge < -0.3 is 20.5 Å². The summed E-state index contributed by atoms with van der Waals surface area (Å²) in [6.07, 6.45) is 0. The molecule has 3 N–H and O–H groups in total. The first kappa shape index (κ1) is 13.8. The van der Waals surface area contributed by atoms with Crippen molar-refractivity contribution in [1.82, 2.24) is 4.90 Å². The number of hydrogen-bond donors (Lipinski definition) is 2. The van der Waals surface area contributed by atoms with Crippen molar-refractivity contribution in [2.45, 2.75) is 19.0 Å². The van der Waals surface area contributed by atoms with Crippen LogP contribution in [-0.2, 0) is 19.1 Å². The van der Waals surface area contributed by atoms with Crippen molar-refractivity contribution >= 4 is 29.6 Å². The van der Waals surface area contributed by atoms with Gasteiger partial charge in [0.05, 0.1) is 12.5 Å². The van der Waals surface area contributed by atoms with Crippen molar-refractivity contribution in [1.29, 1.82) is 0 Å². The summed E-state index contributed by atoms with van der Waals surface area (Å²) >= 11 is 1.31. The number of rotatable bonds is 4. The van der Waals surface area contributed by atoms with E-state index in [2.05, 4.69) is 4.74 Å². The summed E-state index contributed by atoms with van der Waals surface area (Å²) < 4.78 is 4.61. The van der Waals surface area contributed by atoms with E-state index < -0.39 is 29.9 Å². The molecule has 0 aromatic rings. The average molecular weight is 262 g/mol. The van der Waals surface area contributed by atoms with Gasteiger partial charge in [0.2, 0.25) is 0 Å². The lowest BCUT2D eigenvalue weighted by Crippen LogP contribution is -2.52. The molecule has 1 unspecified atom stereocenters. The fourth-order valence-electron chi connectivity index (χ4n) is 1.38. The molecule has 0 saturated carbocycles. The van der Waals surface area contributed by atoms with Crippen LogP contribution in [0.4, 0.5) is 0 Å². The van der Waals surface area contributed by atoms with E-state index in [1.165, 1.54) is 11.8 Å². The molecule has 1 fully saturated rings. The molecule has 0 aliphatic carbocycles. The van der Waals surface area contributed by atoms with Crippen LogP contribution in [-0.4, -0.2) is 58.2 Å². The van der Waals surface area contributed by atoms with Crippen molar-refractivity contribution in [3.8, 4) is 0 Å². The normalized spacial score (nSPS) is 21.1. The maximum Gasteiger partial charge on any atom is 0.332 e. The quantitative estimate of drug-likeness (QED) is 0.487. The van der Waals surface area contributed by atoms with Crippen LogP contribution in [0.2, 0.25) is 0 Å². The molecule has 0 spiro atoms. The maximum atomic E-state index is 11.8. The number of carboxylic acids is 1. The van der Waals surface area contributed by atoms with Gasteiger partial charge in [-0.1, -0.05) is 0 Å². The van der Waals surface area contributed by atoms with Gasteiger partial charge in [0, 0.05) is 5.75 Å². The van der Waals surface area contributed by atoms with Crippen LogP contribution < -0.4 is 5.73 Å². The van der Waals surface area contributed by atoms with Gasteiger partial charge in [-0.05, 0) is 6.92 Å². The Morgan fingerprint density at radius 1 is 1.59 bits per heavy atom. The number of hydrogen-bond acceptors (Lipinski definition) is 6. The second-order valence-electron chi connectivity index (χ2n) is 3.39. The lowest BCUT2D eigenvalue weighted by atomic mass is 10.2. The highest BCUT2D eigenvalue weighted by atomic mass is 32.2. The van der Waals surface area contributed by atoms with Crippen molar-refractivity contribution in [2.24, 2.45) is 5.73 Å². The Hall–Kier alpha value is -1.28. The number of aliphatic carboxylic acids is 1. The number of ether oxygens (including phenoxy) is 1. The minimum atomic E-state index is -1.45. The Bertz CT molecular complexity index is 335. The molecule has 0 aromatic carbocycles. The number of carboxylic acid groups (broad SMARTS) is 1. The number of nitrogens with zero attached hydrogens (tertiary/aromatic N) is 1. The van der Waals surface area contributed by atoms with Gasteiger partial charge in [-0.25, -0.2) is 9.59 Å². The third-order valence-corrected chi connectivity index (χ3v) is 3.27. The van der Waals surface area contributed by atoms with E-state index in [0.29, 0.717) is 5.75 Å². The van der Waals surface area contributed by atoms with Crippen LogP contribution >= 0.6 is 11.8 Å². The predicted molar refractivity (Wildman–Crippen MR) is 60.2 cm³/mol. The predicted octanol–water partition coefficient (Wildman–Crippen LogP) is -1.14. The standard InChI is InChI=1S/C9H14N2O5S/c1-2-16-9(15)6(10)7(12)11-4-17-3-5(11)8(13)14/h5-6H,2-4,10H2,1H3,(H,13,14)/t5-,6?/m0/s1. The van der Waals surface area contributed by atoms with Crippen LogP contribution in [0.5, 0.6) is 0 Å². The molecule has 1 saturated heterocycles. The molecular formula is C9H14N2O5S. The van der Waals surface area contributed by atoms with Crippen molar-refractivity contribution in [3.63, 3.8) is 0 Å². The Morgan fingerprint density at radius 2 is 2.24 bits per heavy atom. The van der Waals surface area contributed by atoms with Crippen LogP contribution in [0.3, 0.4) is 0 Å². The first-order valence-electron chi connectivity index (χ1n) is 5.02. The van der Waals surface area contributed by atoms with Crippen molar-refractivity contribution in [2.75, 3.05) is 18.2 Å². The molecule has 0 aromatic heterocycles. The molecule has 17 heavy (non-hydrogen) atoms. The van der Waals surface area contributed by atoms with Gasteiger partial charge in [-0.2, -0.15) is 0 Å². The van der Waals surface area contributed by atoms with E-state index in [4.69, 9.17) is 10.8 Å². The Morgan fingerprint density at radius 3 is 2.76 bits per heavy atom. The minimum Gasteiger partial charge on any atom is -0.480 e. The van der Waals surface area contributed by atoms with E-state index in [0.717, 1.165) is 4.90 Å². The van der Waals surface area contributed by atoms with Crippen LogP contribution in [0, 0.1) is 0 Å². The van der Waals surface area contributed by atoms with Gasteiger partial charge in [0.25, 0.3) is 5.91 Å². The van der Waals surface area contributed by atoms with Gasteiger partial charge in [0.15, 0.2) is 6.04 Å². The summed E-state index contributed by atoms with van der Waals surface area (Å²) in [5.41, 5.74) is 5.42. The average Bonchev–Trinajstić information content (AvgIpc) is 2.76. The van der Waals surface area contributed by atoms with E-state index in [9.17, 15) is 14.4 Å². The largest absolute Gasteiger partial charge is 0.480 e. The van der Waals surface area contributed by atoms with E-state index in [1.807, 2.05) is 0 Å². The number of carbonyl (C=O) groups is 3. The Kier molecular flexibility index (Phi) is 4.76. The van der Waals surface area contributed by atoms with Gasteiger partial charge in [-0.15, -0.1) is 11.8 Å². The topological polar surface area (TPSA) is 110 Å². The van der Waals surface area contributed by atoms with Gasteiger partial charge in [-0.3, -0.25) is 4.79 Å². The fraction of sp³-hybridized carbons (Fsp3) is 0.667. The molecule has 8 heteroatoms. The zero-order valence-electron chi connectivity index (χ0n) is 9.29. The zero-order valence-corrected chi connectivity index (χ0v) is 10.1. The monoisotopic (exact) mass is 262 g/mol. The molecule has 1 rings (SSSR count). The summed E-state index contributed by atoms with van der Waals surface area (Å²) in [5.74, 6) is -2.11. The lowest BCUT2D eigenvalue weighted by Gasteiger charge is -2.22. The molecule has 1 amide bonds. The first-order chi connectivity index (χ1) is 7.99. The van der Waals surface area contributed by atoms with Crippen molar-refractivity contribution in [3.05, 3.63) is 0 Å². The van der Waals surface area contributed by atoms with E-state index in [-0.39, 0.29) is 12.5 Å². The zero-order chi connectivity index (χ0) is 13.0. The van der Waals surface area contributed by atoms with Crippen molar-refractivity contribution < 1.29 is 24.2 Å². The first-order valence-corrected chi connectivity index (χ1v) is 6.17.